The lowest BCUT2D eigenvalue weighted by atomic mass is 10.2. The van der Waals surface area contributed by atoms with Gasteiger partial charge in [0.2, 0.25) is 0 Å². The molecule has 1 rings (SSSR count). The fraction of sp³-hybridized carbons (Fsp3) is 1.00. The molecule has 0 saturated heterocycles. The van der Waals surface area contributed by atoms with Gasteiger partial charge >= 0.3 is 0 Å². The monoisotopic (exact) mass is 183 g/mol. The van der Waals surface area contributed by atoms with Gasteiger partial charge in [-0.3, -0.25) is 0 Å². The zero-order valence-corrected chi connectivity index (χ0v) is 9.13. The van der Waals surface area contributed by atoms with Crippen LogP contribution in [0.15, 0.2) is 0 Å². The van der Waals surface area contributed by atoms with Crippen LogP contribution in [0.4, 0.5) is 0 Å². The summed E-state index contributed by atoms with van der Waals surface area (Å²) in [4.78, 5) is 0. The Morgan fingerprint density at radius 1 is 1.23 bits per heavy atom. The molecule has 0 atom stereocenters. The summed E-state index contributed by atoms with van der Waals surface area (Å²) in [6, 6.07) is 0.766. The lowest BCUT2D eigenvalue weighted by Crippen LogP contribution is -2.39. The molecule has 1 radical (unpaired) electrons. The van der Waals surface area contributed by atoms with Gasteiger partial charge < -0.3 is 0 Å². The Kier molecular flexibility index (Phi) is 5.40. The van der Waals surface area contributed by atoms with Crippen LogP contribution in [0.25, 0.3) is 0 Å². The van der Waals surface area contributed by atoms with E-state index in [0.29, 0.717) is 0 Å². The molecule has 1 fully saturated rings. The predicted octanol–water partition coefficient (Wildman–Crippen LogP) is 2.57. The third kappa shape index (κ3) is 3.65. The van der Waals surface area contributed by atoms with Crippen LogP contribution in [-0.4, -0.2) is 24.1 Å². The summed E-state index contributed by atoms with van der Waals surface area (Å²) in [5.41, 5.74) is 4.65. The summed E-state index contributed by atoms with van der Waals surface area (Å²) in [6.45, 7) is 6.56. The minimum absolute atomic E-state index is 0.766. The maximum Gasteiger partial charge on any atom is 0.0306 e. The first-order valence-corrected chi connectivity index (χ1v) is 5.82. The zero-order chi connectivity index (χ0) is 9.52. The average molecular weight is 183 g/mol. The number of hydrogen-bond donors (Lipinski definition) is 0. The molecule has 77 valence electrons. The van der Waals surface area contributed by atoms with Gasteiger partial charge in [-0.2, -0.15) is 5.43 Å². The van der Waals surface area contributed by atoms with Crippen molar-refractivity contribution in [3.05, 3.63) is 0 Å². The first-order valence-electron chi connectivity index (χ1n) is 5.82. The van der Waals surface area contributed by atoms with E-state index in [1.54, 1.807) is 0 Å². The normalized spacial score (nSPS) is 18.7. The average Bonchev–Trinajstić information content (AvgIpc) is 2.65. The van der Waals surface area contributed by atoms with Crippen molar-refractivity contribution >= 4 is 0 Å². The molecule has 0 aliphatic heterocycles. The van der Waals surface area contributed by atoms with E-state index < -0.39 is 0 Å². The largest absolute Gasteiger partial charge is 0.224 e. The summed E-state index contributed by atoms with van der Waals surface area (Å²) in [7, 11) is 0. The quantitative estimate of drug-likeness (QED) is 0.457. The van der Waals surface area contributed by atoms with E-state index in [1.807, 2.05) is 0 Å². The Bertz CT molecular complexity index is 119. The molecule has 0 amide bonds. The van der Waals surface area contributed by atoms with Gasteiger partial charge in [-0.1, -0.05) is 33.1 Å². The second-order valence-corrected chi connectivity index (χ2v) is 3.91. The van der Waals surface area contributed by atoms with Crippen LogP contribution in [0, 0.1) is 0 Å². The third-order valence-electron chi connectivity index (χ3n) is 2.86. The van der Waals surface area contributed by atoms with E-state index in [4.69, 9.17) is 0 Å². The van der Waals surface area contributed by atoms with Crippen LogP contribution in [0.1, 0.15) is 52.4 Å². The van der Waals surface area contributed by atoms with Crippen molar-refractivity contribution in [2.45, 2.75) is 58.4 Å². The van der Waals surface area contributed by atoms with Gasteiger partial charge in [0.15, 0.2) is 0 Å². The van der Waals surface area contributed by atoms with E-state index in [0.717, 1.165) is 19.1 Å². The minimum Gasteiger partial charge on any atom is -0.224 e. The highest BCUT2D eigenvalue weighted by Crippen LogP contribution is 2.22. The summed E-state index contributed by atoms with van der Waals surface area (Å²) in [5, 5.41) is 2.32. The number of hydrogen-bond acceptors (Lipinski definition) is 1. The van der Waals surface area contributed by atoms with Gasteiger partial charge in [0.05, 0.1) is 0 Å². The molecule has 0 N–H and O–H groups in total. The number of unbranched alkanes of at least 4 members (excludes halogenated alkanes) is 1. The Hall–Kier alpha value is -0.0800. The summed E-state index contributed by atoms with van der Waals surface area (Å²) in [5.74, 6) is 0. The number of rotatable bonds is 6. The van der Waals surface area contributed by atoms with Crippen LogP contribution in [0.3, 0.4) is 0 Å². The van der Waals surface area contributed by atoms with Crippen molar-refractivity contribution in [3.63, 3.8) is 0 Å². The Morgan fingerprint density at radius 2 is 1.92 bits per heavy atom. The van der Waals surface area contributed by atoms with Crippen molar-refractivity contribution < 1.29 is 0 Å². The molecule has 2 heteroatoms. The molecule has 13 heavy (non-hydrogen) atoms. The topological polar surface area (TPSA) is 17.3 Å². The maximum absolute atomic E-state index is 4.65. The molecular weight excluding hydrogens is 160 g/mol. The van der Waals surface area contributed by atoms with Gasteiger partial charge in [0.1, 0.15) is 0 Å². The lowest BCUT2D eigenvalue weighted by molar-refractivity contribution is 0.126. The Morgan fingerprint density at radius 3 is 2.46 bits per heavy atom. The second kappa shape index (κ2) is 6.39. The van der Waals surface area contributed by atoms with Crippen molar-refractivity contribution in [1.29, 1.82) is 0 Å². The zero-order valence-electron chi connectivity index (χ0n) is 9.13. The molecule has 0 aromatic heterocycles. The first-order chi connectivity index (χ1) is 6.38. The van der Waals surface area contributed by atoms with Crippen molar-refractivity contribution in [3.8, 4) is 0 Å². The van der Waals surface area contributed by atoms with Gasteiger partial charge in [-0.05, 0) is 19.3 Å². The van der Waals surface area contributed by atoms with Crippen molar-refractivity contribution in [2.24, 2.45) is 0 Å². The molecule has 0 aromatic rings. The molecule has 0 bridgehead atoms. The number of nitrogens with zero attached hydrogens (tertiary/aromatic N) is 2. The van der Waals surface area contributed by atoms with E-state index in [1.165, 1.54) is 38.5 Å². The molecule has 0 unspecified atom stereocenters. The molecule has 0 aromatic carbocycles. The van der Waals surface area contributed by atoms with Crippen LogP contribution in [-0.2, 0) is 0 Å². The summed E-state index contributed by atoms with van der Waals surface area (Å²) in [6.07, 6.45) is 8.04. The van der Waals surface area contributed by atoms with Crippen LogP contribution >= 0.6 is 0 Å². The van der Waals surface area contributed by atoms with Gasteiger partial charge in [0.25, 0.3) is 0 Å². The highest BCUT2D eigenvalue weighted by Gasteiger charge is 2.21. The fourth-order valence-electron chi connectivity index (χ4n) is 2.03. The van der Waals surface area contributed by atoms with Crippen molar-refractivity contribution in [1.82, 2.24) is 10.4 Å². The molecule has 1 aliphatic carbocycles. The van der Waals surface area contributed by atoms with E-state index in [2.05, 4.69) is 24.3 Å². The Balaban J connectivity index is 2.16. The van der Waals surface area contributed by atoms with E-state index in [9.17, 15) is 0 Å². The predicted molar refractivity (Wildman–Crippen MR) is 56.5 cm³/mol. The Labute approximate surface area is 82.7 Å². The smallest absolute Gasteiger partial charge is 0.0306 e. The van der Waals surface area contributed by atoms with E-state index in [-0.39, 0.29) is 0 Å². The van der Waals surface area contributed by atoms with Gasteiger partial charge in [-0.25, -0.2) is 5.01 Å². The molecule has 0 heterocycles. The van der Waals surface area contributed by atoms with Crippen LogP contribution in [0.2, 0.25) is 0 Å². The second-order valence-electron chi connectivity index (χ2n) is 3.91. The first kappa shape index (κ1) is 11.0. The highest BCUT2D eigenvalue weighted by molar-refractivity contribution is 4.74. The molecule has 1 aliphatic rings. The van der Waals surface area contributed by atoms with Crippen LogP contribution < -0.4 is 5.43 Å². The lowest BCUT2D eigenvalue weighted by Gasteiger charge is -2.25. The standard InChI is InChI=1S/C11H23N2/c1-3-5-10-12-13(4-2)11-8-6-7-9-11/h11H,3-10H2,1-2H3. The molecule has 1 saturated carbocycles. The maximum atomic E-state index is 4.65. The van der Waals surface area contributed by atoms with Gasteiger partial charge in [-0.15, -0.1) is 0 Å². The van der Waals surface area contributed by atoms with Crippen LogP contribution in [0.5, 0.6) is 0 Å². The molecular formula is C11H23N2. The SMILES string of the molecule is CCCC[N]N(CC)C1CCCC1. The highest BCUT2D eigenvalue weighted by atomic mass is 15.5. The molecule has 2 nitrogen and oxygen atoms in total. The van der Waals surface area contributed by atoms with Gasteiger partial charge in [0, 0.05) is 19.1 Å². The molecule has 0 spiro atoms. The van der Waals surface area contributed by atoms with E-state index >= 15 is 0 Å². The summed E-state index contributed by atoms with van der Waals surface area (Å²) >= 11 is 0. The third-order valence-corrected chi connectivity index (χ3v) is 2.86. The minimum atomic E-state index is 0.766. The summed E-state index contributed by atoms with van der Waals surface area (Å²) < 4.78 is 0. The van der Waals surface area contributed by atoms with Crippen molar-refractivity contribution in [2.75, 3.05) is 13.1 Å². The fourth-order valence-corrected chi connectivity index (χ4v) is 2.03.